The van der Waals surface area contributed by atoms with Gasteiger partial charge in [0.2, 0.25) is 0 Å². The highest BCUT2D eigenvalue weighted by molar-refractivity contribution is 9.10. The van der Waals surface area contributed by atoms with Gasteiger partial charge in [-0.3, -0.25) is 0 Å². The third kappa shape index (κ3) is 3.42. The molecule has 0 saturated heterocycles. The number of imidazole rings is 1. The molecule has 2 aromatic rings. The van der Waals surface area contributed by atoms with E-state index in [0.29, 0.717) is 18.2 Å². The number of rotatable bonds is 5. The Labute approximate surface area is 125 Å². The van der Waals surface area contributed by atoms with Crippen molar-refractivity contribution in [1.29, 1.82) is 0 Å². The summed E-state index contributed by atoms with van der Waals surface area (Å²) in [7, 11) is 0. The van der Waals surface area contributed by atoms with E-state index in [1.54, 1.807) is 6.33 Å². The standard InChI is InChI=1S/C13H15BrClN3O/c1-3-19-13-10(14)4-9(15)5-11(13)16-6-12-8(2)17-7-18-12/h4-5,7,16H,3,6H2,1-2H3,(H,17,18). The summed E-state index contributed by atoms with van der Waals surface area (Å²) < 4.78 is 6.46. The molecule has 1 heterocycles. The maximum Gasteiger partial charge on any atom is 0.156 e. The Balaban J connectivity index is 2.21. The van der Waals surface area contributed by atoms with Gasteiger partial charge in [0, 0.05) is 10.7 Å². The predicted octanol–water partition coefficient (Wildman–Crippen LogP) is 4.14. The van der Waals surface area contributed by atoms with E-state index < -0.39 is 0 Å². The first kappa shape index (κ1) is 14.2. The van der Waals surface area contributed by atoms with Crippen molar-refractivity contribution in [3.63, 3.8) is 0 Å². The first-order valence-corrected chi connectivity index (χ1v) is 7.13. The fourth-order valence-corrected chi connectivity index (χ4v) is 2.65. The summed E-state index contributed by atoms with van der Waals surface area (Å²) in [6.45, 7) is 5.14. The molecule has 0 radical (unpaired) electrons. The minimum Gasteiger partial charge on any atom is -0.491 e. The number of halogens is 2. The van der Waals surface area contributed by atoms with Crippen LogP contribution in [-0.2, 0) is 6.54 Å². The van der Waals surface area contributed by atoms with E-state index in [9.17, 15) is 0 Å². The molecule has 2 N–H and O–H groups in total. The summed E-state index contributed by atoms with van der Waals surface area (Å²) >= 11 is 9.53. The first-order valence-electron chi connectivity index (χ1n) is 5.96. The summed E-state index contributed by atoms with van der Waals surface area (Å²) in [4.78, 5) is 7.30. The van der Waals surface area contributed by atoms with Gasteiger partial charge in [0.25, 0.3) is 0 Å². The smallest absolute Gasteiger partial charge is 0.156 e. The number of aromatic nitrogens is 2. The lowest BCUT2D eigenvalue weighted by molar-refractivity contribution is 0.339. The molecule has 0 aliphatic heterocycles. The lowest BCUT2D eigenvalue weighted by Crippen LogP contribution is -2.04. The highest BCUT2D eigenvalue weighted by Crippen LogP contribution is 2.36. The summed E-state index contributed by atoms with van der Waals surface area (Å²) in [6.07, 6.45) is 1.68. The molecule has 0 spiro atoms. The van der Waals surface area contributed by atoms with Crippen LogP contribution in [-0.4, -0.2) is 16.6 Å². The molecule has 19 heavy (non-hydrogen) atoms. The van der Waals surface area contributed by atoms with E-state index in [1.165, 1.54) is 0 Å². The lowest BCUT2D eigenvalue weighted by Gasteiger charge is -2.14. The average molecular weight is 345 g/mol. The maximum atomic E-state index is 6.07. The van der Waals surface area contributed by atoms with Gasteiger partial charge in [-0.25, -0.2) is 4.98 Å². The summed E-state index contributed by atoms with van der Waals surface area (Å²) in [5, 5.41) is 3.95. The highest BCUT2D eigenvalue weighted by atomic mass is 79.9. The highest BCUT2D eigenvalue weighted by Gasteiger charge is 2.11. The van der Waals surface area contributed by atoms with Crippen LogP contribution in [0, 0.1) is 6.92 Å². The van der Waals surface area contributed by atoms with Gasteiger partial charge in [-0.05, 0) is 41.9 Å². The Kier molecular flexibility index (Phi) is 4.71. The van der Waals surface area contributed by atoms with Crippen molar-refractivity contribution in [2.24, 2.45) is 0 Å². The van der Waals surface area contributed by atoms with Crippen LogP contribution in [0.2, 0.25) is 5.02 Å². The molecule has 2 rings (SSSR count). The van der Waals surface area contributed by atoms with Gasteiger partial charge in [0.1, 0.15) is 0 Å². The van der Waals surface area contributed by atoms with Crippen molar-refractivity contribution in [2.45, 2.75) is 20.4 Å². The fourth-order valence-electron chi connectivity index (χ4n) is 1.73. The largest absolute Gasteiger partial charge is 0.491 e. The van der Waals surface area contributed by atoms with Gasteiger partial charge in [-0.15, -0.1) is 0 Å². The van der Waals surface area contributed by atoms with Crippen molar-refractivity contribution in [3.8, 4) is 5.75 Å². The third-order valence-electron chi connectivity index (χ3n) is 2.68. The van der Waals surface area contributed by atoms with E-state index in [1.807, 2.05) is 26.0 Å². The molecule has 6 heteroatoms. The zero-order chi connectivity index (χ0) is 13.8. The number of benzene rings is 1. The monoisotopic (exact) mass is 343 g/mol. The Hall–Kier alpha value is -1.20. The minimum atomic E-state index is 0.594. The second-order valence-electron chi connectivity index (χ2n) is 4.03. The normalized spacial score (nSPS) is 10.5. The molecule has 0 aliphatic carbocycles. The number of ether oxygens (including phenoxy) is 1. The van der Waals surface area contributed by atoms with E-state index in [2.05, 4.69) is 31.2 Å². The second kappa shape index (κ2) is 6.30. The number of hydrogen-bond acceptors (Lipinski definition) is 3. The Morgan fingerprint density at radius 2 is 2.26 bits per heavy atom. The van der Waals surface area contributed by atoms with E-state index >= 15 is 0 Å². The molecule has 0 saturated carbocycles. The van der Waals surface area contributed by atoms with Crippen LogP contribution in [0.15, 0.2) is 22.9 Å². The predicted molar refractivity (Wildman–Crippen MR) is 81.0 cm³/mol. The van der Waals surface area contributed by atoms with Crippen LogP contribution in [0.25, 0.3) is 0 Å². The number of hydrogen-bond donors (Lipinski definition) is 2. The number of aromatic amines is 1. The van der Waals surface area contributed by atoms with Gasteiger partial charge >= 0.3 is 0 Å². The maximum absolute atomic E-state index is 6.07. The molecular formula is C13H15BrClN3O. The minimum absolute atomic E-state index is 0.594. The van der Waals surface area contributed by atoms with Crippen molar-refractivity contribution < 1.29 is 4.74 Å². The Morgan fingerprint density at radius 3 is 2.89 bits per heavy atom. The first-order chi connectivity index (χ1) is 9.11. The van der Waals surface area contributed by atoms with Crippen molar-refractivity contribution in [1.82, 2.24) is 9.97 Å². The lowest BCUT2D eigenvalue weighted by atomic mass is 10.2. The van der Waals surface area contributed by atoms with E-state index in [0.717, 1.165) is 27.3 Å². The summed E-state index contributed by atoms with van der Waals surface area (Å²) in [5.74, 6) is 0.764. The number of nitrogens with one attached hydrogen (secondary N) is 2. The van der Waals surface area contributed by atoms with Crippen LogP contribution >= 0.6 is 27.5 Å². The van der Waals surface area contributed by atoms with Crippen LogP contribution in [0.3, 0.4) is 0 Å². The average Bonchev–Trinajstić information content (AvgIpc) is 2.76. The fraction of sp³-hybridized carbons (Fsp3) is 0.308. The number of H-pyrrole nitrogens is 1. The summed E-state index contributed by atoms with van der Waals surface area (Å²) in [6, 6.07) is 3.66. The SMILES string of the molecule is CCOc1c(Br)cc(Cl)cc1NCc1nc[nH]c1C. The van der Waals surface area contributed by atoms with E-state index in [4.69, 9.17) is 16.3 Å². The zero-order valence-corrected chi connectivity index (χ0v) is 13.1. The second-order valence-corrected chi connectivity index (χ2v) is 5.32. The van der Waals surface area contributed by atoms with Gasteiger partial charge in [-0.1, -0.05) is 11.6 Å². The molecule has 102 valence electrons. The molecule has 0 bridgehead atoms. The van der Waals surface area contributed by atoms with Crippen LogP contribution in [0.4, 0.5) is 5.69 Å². The van der Waals surface area contributed by atoms with Gasteiger partial charge < -0.3 is 15.0 Å². The molecule has 0 aliphatic rings. The Bertz CT molecular complexity index is 571. The van der Waals surface area contributed by atoms with Crippen molar-refractivity contribution in [2.75, 3.05) is 11.9 Å². The van der Waals surface area contributed by atoms with Crippen molar-refractivity contribution in [3.05, 3.63) is 39.3 Å². The quantitative estimate of drug-likeness (QED) is 0.857. The van der Waals surface area contributed by atoms with Crippen LogP contribution in [0.1, 0.15) is 18.3 Å². The molecule has 0 amide bonds. The topological polar surface area (TPSA) is 49.9 Å². The zero-order valence-electron chi connectivity index (χ0n) is 10.8. The molecule has 0 atom stereocenters. The molecule has 0 unspecified atom stereocenters. The third-order valence-corrected chi connectivity index (χ3v) is 3.48. The molecule has 1 aromatic carbocycles. The van der Waals surface area contributed by atoms with Gasteiger partial charge in [-0.2, -0.15) is 0 Å². The van der Waals surface area contributed by atoms with Crippen molar-refractivity contribution >= 4 is 33.2 Å². The number of nitrogens with zero attached hydrogens (tertiary/aromatic N) is 1. The molecular weight excluding hydrogens is 330 g/mol. The molecule has 4 nitrogen and oxygen atoms in total. The number of aryl methyl sites for hydroxylation is 1. The van der Waals surface area contributed by atoms with Gasteiger partial charge in [0.05, 0.1) is 35.3 Å². The molecule has 1 aromatic heterocycles. The summed E-state index contributed by atoms with van der Waals surface area (Å²) in [5.41, 5.74) is 2.87. The number of anilines is 1. The molecule has 0 fully saturated rings. The van der Waals surface area contributed by atoms with Gasteiger partial charge in [0.15, 0.2) is 5.75 Å². The Morgan fingerprint density at radius 1 is 1.47 bits per heavy atom. The van der Waals surface area contributed by atoms with Crippen LogP contribution in [0.5, 0.6) is 5.75 Å². The van der Waals surface area contributed by atoms with E-state index in [-0.39, 0.29) is 0 Å². The van der Waals surface area contributed by atoms with Crippen LogP contribution < -0.4 is 10.1 Å².